The standard InChI is InChI=1S/C21H18FN3O2/c1-14(26)24-17-7-8-19(22)18(13-17)21(27)25-20(15-5-3-2-4-6-15)16-9-11-23-12-10-16/h2-13,20H,1H3,(H,24,26)(H,25,27). The summed E-state index contributed by atoms with van der Waals surface area (Å²) in [7, 11) is 0. The second kappa shape index (κ2) is 8.23. The minimum atomic E-state index is -0.664. The number of rotatable bonds is 5. The van der Waals surface area contributed by atoms with Gasteiger partial charge in [-0.05, 0) is 41.5 Å². The van der Waals surface area contributed by atoms with Crippen LogP contribution in [0.4, 0.5) is 10.1 Å². The molecule has 1 atom stereocenters. The van der Waals surface area contributed by atoms with Crippen molar-refractivity contribution < 1.29 is 14.0 Å². The summed E-state index contributed by atoms with van der Waals surface area (Å²) in [6.07, 6.45) is 3.27. The predicted octanol–water partition coefficient (Wildman–Crippen LogP) is 3.70. The molecule has 2 amide bonds. The summed E-state index contributed by atoms with van der Waals surface area (Å²) >= 11 is 0. The number of nitrogens with zero attached hydrogens (tertiary/aromatic N) is 1. The van der Waals surface area contributed by atoms with E-state index in [2.05, 4.69) is 15.6 Å². The Morgan fingerprint density at radius 1 is 0.963 bits per heavy atom. The van der Waals surface area contributed by atoms with Crippen molar-refractivity contribution in [3.05, 3.63) is 95.6 Å². The SMILES string of the molecule is CC(=O)Nc1ccc(F)c(C(=O)NC(c2ccccc2)c2ccncc2)c1. The molecule has 0 spiro atoms. The fraction of sp³-hybridized carbons (Fsp3) is 0.0952. The van der Waals surface area contributed by atoms with E-state index >= 15 is 0 Å². The number of carbonyl (C=O) groups excluding carboxylic acids is 2. The van der Waals surface area contributed by atoms with Crippen LogP contribution in [0.3, 0.4) is 0 Å². The van der Waals surface area contributed by atoms with Crippen molar-refractivity contribution in [3.8, 4) is 0 Å². The molecule has 1 aromatic heterocycles. The molecule has 3 rings (SSSR count). The topological polar surface area (TPSA) is 71.1 Å². The predicted molar refractivity (Wildman–Crippen MR) is 101 cm³/mol. The highest BCUT2D eigenvalue weighted by atomic mass is 19.1. The molecule has 136 valence electrons. The zero-order valence-corrected chi connectivity index (χ0v) is 14.6. The molecule has 1 unspecified atom stereocenters. The third kappa shape index (κ3) is 4.55. The van der Waals surface area contributed by atoms with Gasteiger partial charge in [-0.2, -0.15) is 0 Å². The van der Waals surface area contributed by atoms with E-state index in [1.807, 2.05) is 30.3 Å². The molecule has 1 heterocycles. The smallest absolute Gasteiger partial charge is 0.255 e. The lowest BCUT2D eigenvalue weighted by atomic mass is 9.99. The highest BCUT2D eigenvalue weighted by Crippen LogP contribution is 2.23. The summed E-state index contributed by atoms with van der Waals surface area (Å²) in [4.78, 5) is 28.0. The van der Waals surface area contributed by atoms with E-state index in [4.69, 9.17) is 0 Å². The molecular formula is C21H18FN3O2. The van der Waals surface area contributed by atoms with Gasteiger partial charge < -0.3 is 10.6 Å². The zero-order valence-electron chi connectivity index (χ0n) is 14.6. The molecule has 0 aliphatic carbocycles. The van der Waals surface area contributed by atoms with Crippen LogP contribution in [0.1, 0.15) is 34.5 Å². The first-order valence-corrected chi connectivity index (χ1v) is 8.37. The lowest BCUT2D eigenvalue weighted by Gasteiger charge is -2.20. The van der Waals surface area contributed by atoms with Crippen LogP contribution in [0.5, 0.6) is 0 Å². The van der Waals surface area contributed by atoms with Crippen LogP contribution in [0.25, 0.3) is 0 Å². The molecule has 0 aliphatic heterocycles. The molecule has 3 aromatic rings. The quantitative estimate of drug-likeness (QED) is 0.726. The van der Waals surface area contributed by atoms with Crippen molar-refractivity contribution in [2.24, 2.45) is 0 Å². The first-order valence-electron chi connectivity index (χ1n) is 8.37. The van der Waals surface area contributed by atoms with Gasteiger partial charge in [0, 0.05) is 25.0 Å². The fourth-order valence-corrected chi connectivity index (χ4v) is 2.75. The van der Waals surface area contributed by atoms with E-state index in [9.17, 15) is 14.0 Å². The average molecular weight is 363 g/mol. The highest BCUT2D eigenvalue weighted by molar-refractivity contribution is 5.97. The molecule has 0 radical (unpaired) electrons. The second-order valence-corrected chi connectivity index (χ2v) is 5.97. The van der Waals surface area contributed by atoms with E-state index in [0.717, 1.165) is 17.2 Å². The Bertz CT molecular complexity index is 907. The third-order valence-electron chi connectivity index (χ3n) is 3.98. The number of aromatic nitrogens is 1. The van der Waals surface area contributed by atoms with E-state index in [0.29, 0.717) is 5.69 Å². The van der Waals surface area contributed by atoms with Gasteiger partial charge in [0.25, 0.3) is 5.91 Å². The van der Waals surface area contributed by atoms with Crippen LogP contribution in [-0.4, -0.2) is 16.8 Å². The Morgan fingerprint density at radius 2 is 1.63 bits per heavy atom. The van der Waals surface area contributed by atoms with Crippen molar-refractivity contribution in [2.75, 3.05) is 5.32 Å². The van der Waals surface area contributed by atoms with Gasteiger partial charge in [-0.3, -0.25) is 14.6 Å². The molecule has 0 aliphatic rings. The van der Waals surface area contributed by atoms with Crippen LogP contribution < -0.4 is 10.6 Å². The number of hydrogen-bond acceptors (Lipinski definition) is 3. The van der Waals surface area contributed by atoms with Gasteiger partial charge in [-0.1, -0.05) is 30.3 Å². The van der Waals surface area contributed by atoms with Crippen LogP contribution in [0.2, 0.25) is 0 Å². The van der Waals surface area contributed by atoms with Crippen molar-refractivity contribution in [1.82, 2.24) is 10.3 Å². The molecule has 2 N–H and O–H groups in total. The van der Waals surface area contributed by atoms with E-state index in [-0.39, 0.29) is 11.5 Å². The number of amides is 2. The average Bonchev–Trinajstić information content (AvgIpc) is 2.68. The van der Waals surface area contributed by atoms with Gasteiger partial charge in [0.05, 0.1) is 11.6 Å². The maximum Gasteiger partial charge on any atom is 0.255 e. The number of carbonyl (C=O) groups is 2. The fourth-order valence-electron chi connectivity index (χ4n) is 2.75. The minimum Gasteiger partial charge on any atom is -0.341 e. The van der Waals surface area contributed by atoms with Gasteiger partial charge >= 0.3 is 0 Å². The van der Waals surface area contributed by atoms with Gasteiger partial charge in [-0.25, -0.2) is 4.39 Å². The van der Waals surface area contributed by atoms with Crippen LogP contribution in [-0.2, 0) is 4.79 Å². The van der Waals surface area contributed by atoms with Gasteiger partial charge in [0.15, 0.2) is 0 Å². The van der Waals surface area contributed by atoms with Crippen LogP contribution in [0.15, 0.2) is 73.1 Å². The van der Waals surface area contributed by atoms with Gasteiger partial charge in [-0.15, -0.1) is 0 Å². The Balaban J connectivity index is 1.92. The maximum absolute atomic E-state index is 14.2. The Labute approximate surface area is 156 Å². The summed E-state index contributed by atoms with van der Waals surface area (Å²) in [5.41, 5.74) is 1.89. The Morgan fingerprint density at radius 3 is 2.30 bits per heavy atom. The molecule has 27 heavy (non-hydrogen) atoms. The van der Waals surface area contributed by atoms with Crippen molar-refractivity contribution >= 4 is 17.5 Å². The highest BCUT2D eigenvalue weighted by Gasteiger charge is 2.20. The monoisotopic (exact) mass is 363 g/mol. The van der Waals surface area contributed by atoms with E-state index < -0.39 is 17.8 Å². The number of nitrogens with one attached hydrogen (secondary N) is 2. The lowest BCUT2D eigenvalue weighted by molar-refractivity contribution is -0.114. The number of hydrogen-bond donors (Lipinski definition) is 2. The van der Waals surface area contributed by atoms with Gasteiger partial charge in [0.2, 0.25) is 5.91 Å². The summed E-state index contributed by atoms with van der Waals surface area (Å²) in [5.74, 6) is -1.54. The molecule has 0 saturated heterocycles. The summed E-state index contributed by atoms with van der Waals surface area (Å²) < 4.78 is 14.2. The number of anilines is 1. The van der Waals surface area contributed by atoms with E-state index in [1.54, 1.807) is 24.5 Å². The molecule has 0 fully saturated rings. The van der Waals surface area contributed by atoms with E-state index in [1.165, 1.54) is 19.1 Å². The van der Waals surface area contributed by atoms with Crippen molar-refractivity contribution in [3.63, 3.8) is 0 Å². The minimum absolute atomic E-state index is 0.142. The summed E-state index contributed by atoms with van der Waals surface area (Å²) in [5, 5.41) is 5.42. The molecule has 2 aromatic carbocycles. The molecule has 5 nitrogen and oxygen atoms in total. The number of halogens is 1. The van der Waals surface area contributed by atoms with Gasteiger partial charge in [0.1, 0.15) is 5.82 Å². The lowest BCUT2D eigenvalue weighted by Crippen LogP contribution is -2.30. The number of pyridine rings is 1. The second-order valence-electron chi connectivity index (χ2n) is 5.97. The Hall–Kier alpha value is -3.54. The molecule has 6 heteroatoms. The van der Waals surface area contributed by atoms with Crippen LogP contribution >= 0.6 is 0 Å². The normalized spacial score (nSPS) is 11.5. The number of benzene rings is 2. The summed E-state index contributed by atoms with van der Waals surface area (Å²) in [6.45, 7) is 1.35. The first kappa shape index (κ1) is 18.3. The van der Waals surface area contributed by atoms with Crippen molar-refractivity contribution in [1.29, 1.82) is 0 Å². The molecule has 0 saturated carbocycles. The summed E-state index contributed by atoms with van der Waals surface area (Å²) in [6, 6.07) is 16.4. The first-order chi connectivity index (χ1) is 13.0. The van der Waals surface area contributed by atoms with Crippen molar-refractivity contribution in [2.45, 2.75) is 13.0 Å². The maximum atomic E-state index is 14.2. The van der Waals surface area contributed by atoms with Crippen LogP contribution in [0, 0.1) is 5.82 Å². The largest absolute Gasteiger partial charge is 0.341 e. The Kier molecular flexibility index (Phi) is 5.56. The third-order valence-corrected chi connectivity index (χ3v) is 3.98. The zero-order chi connectivity index (χ0) is 19.2. The molecule has 0 bridgehead atoms. The molecular weight excluding hydrogens is 345 g/mol.